The van der Waals surface area contributed by atoms with Crippen molar-refractivity contribution in [1.29, 1.82) is 0 Å². The molecule has 0 unspecified atom stereocenters. The number of anilines is 2. The molecule has 0 spiro atoms. The van der Waals surface area contributed by atoms with Gasteiger partial charge in [0.15, 0.2) is 0 Å². The number of furan rings is 1. The average Bonchev–Trinajstić information content (AvgIpc) is 3.22. The van der Waals surface area contributed by atoms with Crippen molar-refractivity contribution in [2.45, 2.75) is 0 Å². The molecule has 3 heteroatoms. The van der Waals surface area contributed by atoms with Gasteiger partial charge in [-0.2, -0.15) is 0 Å². The highest BCUT2D eigenvalue weighted by Gasteiger charge is 1.95. The Kier molecular flexibility index (Phi) is 7.72. The monoisotopic (exact) mass is 410 g/mol. The number of nitrogens with zero attached hydrogens (tertiary/aromatic N) is 2. The molecule has 0 saturated carbocycles. The van der Waals surface area contributed by atoms with Crippen LogP contribution in [-0.2, 0) is 0 Å². The second-order valence-corrected chi connectivity index (χ2v) is 7.65. The van der Waals surface area contributed by atoms with Gasteiger partial charge in [0.1, 0.15) is 11.5 Å². The highest BCUT2D eigenvalue weighted by atomic mass is 16.3. The van der Waals surface area contributed by atoms with Crippen LogP contribution in [0.25, 0.3) is 24.3 Å². The lowest BCUT2D eigenvalue weighted by molar-refractivity contribution is 0.547. The predicted octanol–water partition coefficient (Wildman–Crippen LogP) is 6.86. The van der Waals surface area contributed by atoms with Crippen LogP contribution in [0.4, 0.5) is 11.4 Å². The maximum atomic E-state index is 5.82. The molecule has 0 aliphatic carbocycles. The van der Waals surface area contributed by atoms with E-state index in [4.69, 9.17) is 4.42 Å². The topological polar surface area (TPSA) is 19.6 Å². The van der Waals surface area contributed by atoms with E-state index in [1.165, 1.54) is 22.5 Å². The molecule has 158 valence electrons. The van der Waals surface area contributed by atoms with Gasteiger partial charge in [-0.05, 0) is 59.7 Å². The van der Waals surface area contributed by atoms with Crippen LogP contribution in [0, 0.1) is 0 Å². The molecule has 0 saturated heterocycles. The summed E-state index contributed by atoms with van der Waals surface area (Å²) in [5, 5.41) is 0. The molecule has 0 amide bonds. The third-order valence-electron chi connectivity index (χ3n) is 4.79. The first kappa shape index (κ1) is 22.0. The molecule has 1 aromatic heterocycles. The Labute approximate surface area is 185 Å². The Morgan fingerprint density at radius 3 is 1.19 bits per heavy atom. The summed E-state index contributed by atoms with van der Waals surface area (Å²) in [5.41, 5.74) is 4.73. The predicted molar refractivity (Wildman–Crippen MR) is 136 cm³/mol. The van der Waals surface area contributed by atoms with Gasteiger partial charge in [-0.25, -0.2) is 0 Å². The summed E-state index contributed by atoms with van der Waals surface area (Å²) >= 11 is 0. The van der Waals surface area contributed by atoms with Crippen LogP contribution >= 0.6 is 0 Å². The fraction of sp³-hybridized carbons (Fsp3) is 0.143. The van der Waals surface area contributed by atoms with Gasteiger partial charge >= 0.3 is 0 Å². The molecule has 3 nitrogen and oxygen atoms in total. The van der Waals surface area contributed by atoms with Crippen LogP contribution in [0.3, 0.4) is 0 Å². The minimum Gasteiger partial charge on any atom is -0.457 e. The van der Waals surface area contributed by atoms with E-state index >= 15 is 0 Å². The van der Waals surface area contributed by atoms with Crippen molar-refractivity contribution in [1.82, 2.24) is 0 Å². The first-order valence-electron chi connectivity index (χ1n) is 10.4. The number of rotatable bonds is 8. The van der Waals surface area contributed by atoms with Crippen molar-refractivity contribution >= 4 is 35.7 Å². The molecule has 0 aliphatic heterocycles. The third kappa shape index (κ3) is 6.93. The molecule has 0 bridgehead atoms. The zero-order chi connectivity index (χ0) is 22.1. The SMILES string of the molecule is CN(C)c1ccc(/C=C/C=C/c2ccc(/C=C/C=C/c3ccc(N(C)C)cc3)o2)cc1. The largest absolute Gasteiger partial charge is 0.457 e. The maximum Gasteiger partial charge on any atom is 0.127 e. The summed E-state index contributed by atoms with van der Waals surface area (Å²) < 4.78 is 5.82. The van der Waals surface area contributed by atoms with Crippen molar-refractivity contribution in [2.24, 2.45) is 0 Å². The molecule has 0 N–H and O–H groups in total. The van der Waals surface area contributed by atoms with Gasteiger partial charge in [-0.15, -0.1) is 0 Å². The fourth-order valence-corrected chi connectivity index (χ4v) is 2.95. The zero-order valence-corrected chi connectivity index (χ0v) is 18.7. The van der Waals surface area contributed by atoms with Crippen LogP contribution in [-0.4, -0.2) is 28.2 Å². The molecule has 0 radical (unpaired) electrons. The molecule has 2 aromatic carbocycles. The lowest BCUT2D eigenvalue weighted by Crippen LogP contribution is -2.07. The highest BCUT2D eigenvalue weighted by Crippen LogP contribution is 2.15. The average molecular weight is 411 g/mol. The minimum atomic E-state index is 0.829. The van der Waals surface area contributed by atoms with Crippen molar-refractivity contribution in [3.05, 3.63) is 108 Å². The summed E-state index contributed by atoms with van der Waals surface area (Å²) in [4.78, 5) is 4.18. The number of hydrogen-bond donors (Lipinski definition) is 0. The molecule has 3 rings (SSSR count). The molecule has 1 heterocycles. The van der Waals surface area contributed by atoms with Gasteiger partial charge in [0.25, 0.3) is 0 Å². The lowest BCUT2D eigenvalue weighted by atomic mass is 10.2. The summed E-state index contributed by atoms with van der Waals surface area (Å²) in [6.45, 7) is 0. The van der Waals surface area contributed by atoms with E-state index in [0.29, 0.717) is 0 Å². The van der Waals surface area contributed by atoms with Gasteiger partial charge in [0.2, 0.25) is 0 Å². The van der Waals surface area contributed by atoms with E-state index < -0.39 is 0 Å². The molecule has 0 atom stereocenters. The lowest BCUT2D eigenvalue weighted by Gasteiger charge is -2.11. The molecular weight excluding hydrogens is 380 g/mol. The fourth-order valence-electron chi connectivity index (χ4n) is 2.95. The number of allylic oxidation sites excluding steroid dienone is 4. The third-order valence-corrected chi connectivity index (χ3v) is 4.79. The van der Waals surface area contributed by atoms with Crippen molar-refractivity contribution in [3.8, 4) is 0 Å². The number of hydrogen-bond acceptors (Lipinski definition) is 3. The summed E-state index contributed by atoms with van der Waals surface area (Å²) in [5.74, 6) is 1.66. The van der Waals surface area contributed by atoms with E-state index in [1.54, 1.807) is 0 Å². The van der Waals surface area contributed by atoms with Crippen LogP contribution < -0.4 is 9.80 Å². The van der Waals surface area contributed by atoms with E-state index in [2.05, 4.69) is 70.5 Å². The van der Waals surface area contributed by atoms with Crippen LogP contribution in [0.15, 0.2) is 89.4 Å². The van der Waals surface area contributed by atoms with E-state index in [-0.39, 0.29) is 0 Å². The molecule has 0 fully saturated rings. The molecular formula is C28H30N2O. The van der Waals surface area contributed by atoms with E-state index in [1.807, 2.05) is 76.8 Å². The van der Waals surface area contributed by atoms with Crippen molar-refractivity contribution < 1.29 is 4.42 Å². The van der Waals surface area contributed by atoms with Crippen molar-refractivity contribution in [3.63, 3.8) is 0 Å². The van der Waals surface area contributed by atoms with Crippen molar-refractivity contribution in [2.75, 3.05) is 38.0 Å². The Bertz CT molecular complexity index is 977. The highest BCUT2D eigenvalue weighted by molar-refractivity contribution is 5.60. The van der Waals surface area contributed by atoms with Gasteiger partial charge in [-0.1, -0.05) is 60.7 Å². The summed E-state index contributed by atoms with van der Waals surface area (Å²) in [6, 6.07) is 20.8. The van der Waals surface area contributed by atoms with Crippen LogP contribution in [0.5, 0.6) is 0 Å². The first-order valence-corrected chi connectivity index (χ1v) is 10.4. The standard InChI is InChI=1S/C28H30N2O/c1-29(2)25-17-13-23(14-18-25)9-5-7-11-27-21-22-28(31-27)12-8-6-10-24-15-19-26(20-16-24)30(3)4/h5-22H,1-4H3/b9-5+,10-6+,11-7+,12-8+. The quantitative estimate of drug-likeness (QED) is 0.378. The van der Waals surface area contributed by atoms with Gasteiger partial charge in [0, 0.05) is 39.6 Å². The molecule has 31 heavy (non-hydrogen) atoms. The smallest absolute Gasteiger partial charge is 0.127 e. The normalized spacial score (nSPS) is 12.0. The van der Waals surface area contributed by atoms with E-state index in [0.717, 1.165) is 11.5 Å². The van der Waals surface area contributed by atoms with Crippen LogP contribution in [0.1, 0.15) is 22.6 Å². The Hall–Kier alpha value is -3.72. The summed E-state index contributed by atoms with van der Waals surface area (Å²) in [7, 11) is 8.17. The second-order valence-electron chi connectivity index (χ2n) is 7.65. The second kappa shape index (κ2) is 10.9. The van der Waals surface area contributed by atoms with E-state index in [9.17, 15) is 0 Å². The Morgan fingerprint density at radius 2 is 0.839 bits per heavy atom. The molecule has 0 aliphatic rings. The first-order chi connectivity index (χ1) is 15.0. The Balaban J connectivity index is 1.51. The summed E-state index contributed by atoms with van der Waals surface area (Å²) in [6.07, 6.45) is 16.1. The Morgan fingerprint density at radius 1 is 0.484 bits per heavy atom. The zero-order valence-electron chi connectivity index (χ0n) is 18.7. The van der Waals surface area contributed by atoms with Crippen LogP contribution in [0.2, 0.25) is 0 Å². The number of benzene rings is 2. The molecule has 3 aromatic rings. The van der Waals surface area contributed by atoms with Gasteiger partial charge < -0.3 is 14.2 Å². The minimum absolute atomic E-state index is 0.829. The maximum absolute atomic E-state index is 5.82. The van der Waals surface area contributed by atoms with Gasteiger partial charge in [-0.3, -0.25) is 0 Å². The van der Waals surface area contributed by atoms with Gasteiger partial charge in [0.05, 0.1) is 0 Å².